The van der Waals surface area contributed by atoms with Gasteiger partial charge in [-0.05, 0) is 24.3 Å². The number of phenols is 1. The van der Waals surface area contributed by atoms with E-state index in [1.807, 2.05) is 0 Å². The Hall–Kier alpha value is -2.50. The van der Waals surface area contributed by atoms with Gasteiger partial charge in [0.2, 0.25) is 0 Å². The maximum atomic E-state index is 11.3. The van der Waals surface area contributed by atoms with E-state index in [0.717, 1.165) is 6.08 Å². The lowest BCUT2D eigenvalue weighted by Gasteiger charge is -2.39. The minimum Gasteiger partial charge on any atom is -0.508 e. The molecule has 0 saturated carbocycles. The first kappa shape index (κ1) is 11.0. The first-order valence-corrected chi connectivity index (χ1v) is 4.83. The van der Waals surface area contributed by atoms with Crippen molar-refractivity contribution >= 4 is 17.7 Å². The van der Waals surface area contributed by atoms with Gasteiger partial charge in [0, 0.05) is 6.08 Å². The summed E-state index contributed by atoms with van der Waals surface area (Å²) in [6, 6.07) is 5.59. The van der Waals surface area contributed by atoms with Gasteiger partial charge in [-0.3, -0.25) is 5.32 Å². The summed E-state index contributed by atoms with van der Waals surface area (Å²) < 4.78 is 4.88. The summed E-state index contributed by atoms with van der Waals surface area (Å²) in [5, 5.41) is 11.5. The molecule has 1 atom stereocenters. The fourth-order valence-corrected chi connectivity index (χ4v) is 1.39. The van der Waals surface area contributed by atoms with Crippen molar-refractivity contribution in [2.24, 2.45) is 0 Å². The molecule has 1 aliphatic heterocycles. The molecular weight excluding hydrogens is 224 g/mol. The van der Waals surface area contributed by atoms with Crippen molar-refractivity contribution in [2.75, 3.05) is 4.90 Å². The second-order valence-electron chi connectivity index (χ2n) is 3.33. The minimum absolute atomic E-state index is 0.0920. The number of amides is 2. The second-order valence-corrected chi connectivity index (χ2v) is 3.33. The lowest BCUT2D eigenvalue weighted by molar-refractivity contribution is -0.145. The van der Waals surface area contributed by atoms with Crippen LogP contribution in [0.15, 0.2) is 36.9 Å². The van der Waals surface area contributed by atoms with Gasteiger partial charge in [-0.1, -0.05) is 6.58 Å². The van der Waals surface area contributed by atoms with Gasteiger partial charge in [-0.2, -0.15) is 0 Å². The van der Waals surface area contributed by atoms with E-state index in [4.69, 9.17) is 9.84 Å². The van der Waals surface area contributed by atoms with Crippen LogP contribution in [0.3, 0.4) is 0 Å². The van der Waals surface area contributed by atoms with E-state index in [9.17, 15) is 9.59 Å². The number of nitrogens with one attached hydrogen (secondary N) is 1. The fraction of sp³-hybridized carbons (Fsp3) is 0.0909. The number of carbonyl (C=O) groups excluding carboxylic acids is 2. The van der Waals surface area contributed by atoms with Gasteiger partial charge in [-0.25, -0.2) is 14.5 Å². The molecule has 1 aromatic rings. The zero-order chi connectivity index (χ0) is 12.4. The molecule has 1 unspecified atom stereocenters. The first-order chi connectivity index (χ1) is 8.11. The van der Waals surface area contributed by atoms with Crippen LogP contribution in [0.5, 0.6) is 5.75 Å². The number of esters is 1. The normalized spacial score (nSPS) is 18.0. The molecule has 0 spiro atoms. The van der Waals surface area contributed by atoms with Crippen LogP contribution in [0, 0.1) is 0 Å². The molecular formula is C11H10N2O4. The number of benzene rings is 1. The van der Waals surface area contributed by atoms with Crippen LogP contribution in [-0.4, -0.2) is 23.5 Å². The van der Waals surface area contributed by atoms with Gasteiger partial charge in [-0.15, -0.1) is 0 Å². The van der Waals surface area contributed by atoms with Crippen LogP contribution in [0.4, 0.5) is 10.5 Å². The largest absolute Gasteiger partial charge is 0.508 e. The number of carbonyl (C=O) groups is 2. The van der Waals surface area contributed by atoms with Crippen LogP contribution in [0.2, 0.25) is 0 Å². The molecule has 0 bridgehead atoms. The molecule has 6 nitrogen and oxygen atoms in total. The molecule has 88 valence electrons. The Labute approximate surface area is 97.1 Å². The number of hydrogen-bond acceptors (Lipinski definition) is 4. The highest BCUT2D eigenvalue weighted by Gasteiger charge is 2.39. The van der Waals surface area contributed by atoms with E-state index in [0.29, 0.717) is 5.69 Å². The standard InChI is InChI=1S/C11H10N2O4/c1-2-9(15)17-11-12-10(16)13(11)7-3-5-8(14)6-4-7/h2-6,11,14H,1H2,(H,12,16). The molecule has 1 aromatic carbocycles. The van der Waals surface area contributed by atoms with Gasteiger partial charge in [0.25, 0.3) is 6.35 Å². The van der Waals surface area contributed by atoms with Crippen molar-refractivity contribution in [3.05, 3.63) is 36.9 Å². The molecule has 0 aromatic heterocycles. The maximum Gasteiger partial charge on any atom is 0.333 e. The topological polar surface area (TPSA) is 78.9 Å². The third-order valence-corrected chi connectivity index (χ3v) is 2.22. The van der Waals surface area contributed by atoms with E-state index in [1.165, 1.54) is 17.0 Å². The average Bonchev–Trinajstić information content (AvgIpc) is 2.31. The molecule has 0 aliphatic carbocycles. The Morgan fingerprint density at radius 1 is 1.47 bits per heavy atom. The van der Waals surface area contributed by atoms with E-state index in [-0.39, 0.29) is 11.8 Å². The molecule has 0 radical (unpaired) electrons. The molecule has 2 amide bonds. The van der Waals surface area contributed by atoms with Crippen LogP contribution in [0.1, 0.15) is 0 Å². The maximum absolute atomic E-state index is 11.3. The summed E-state index contributed by atoms with van der Waals surface area (Å²) in [5.74, 6) is -0.534. The van der Waals surface area contributed by atoms with Crippen LogP contribution < -0.4 is 10.2 Å². The molecule has 1 saturated heterocycles. The highest BCUT2D eigenvalue weighted by Crippen LogP contribution is 2.24. The van der Waals surface area contributed by atoms with Crippen LogP contribution >= 0.6 is 0 Å². The summed E-state index contributed by atoms with van der Waals surface area (Å²) in [6.07, 6.45) is 0.178. The van der Waals surface area contributed by atoms with Gasteiger partial charge in [0.1, 0.15) is 5.75 Å². The summed E-state index contributed by atoms with van der Waals surface area (Å²) >= 11 is 0. The van der Waals surface area contributed by atoms with E-state index in [2.05, 4.69) is 11.9 Å². The lowest BCUT2D eigenvalue weighted by Crippen LogP contribution is -2.67. The van der Waals surface area contributed by atoms with Crippen molar-refractivity contribution in [2.45, 2.75) is 6.35 Å². The molecule has 6 heteroatoms. The smallest absolute Gasteiger partial charge is 0.333 e. The SMILES string of the molecule is C=CC(=O)OC1NC(=O)N1c1ccc(O)cc1. The Morgan fingerprint density at radius 3 is 2.65 bits per heavy atom. The van der Waals surface area contributed by atoms with Gasteiger partial charge >= 0.3 is 12.0 Å². The fourth-order valence-electron chi connectivity index (χ4n) is 1.39. The van der Waals surface area contributed by atoms with Crippen molar-refractivity contribution in [3.63, 3.8) is 0 Å². The molecule has 2 rings (SSSR count). The third kappa shape index (κ3) is 2.05. The number of aromatic hydroxyl groups is 1. The highest BCUT2D eigenvalue weighted by atomic mass is 16.6. The Kier molecular flexibility index (Phi) is 2.70. The molecule has 1 fully saturated rings. The molecule has 1 heterocycles. The van der Waals surface area contributed by atoms with Gasteiger partial charge in [0.15, 0.2) is 0 Å². The summed E-state index contributed by atoms with van der Waals surface area (Å²) in [7, 11) is 0. The van der Waals surface area contributed by atoms with Crippen molar-refractivity contribution < 1.29 is 19.4 Å². The number of hydrogen-bond donors (Lipinski definition) is 2. The second kappa shape index (κ2) is 4.17. The van der Waals surface area contributed by atoms with Crippen LogP contribution in [0.25, 0.3) is 0 Å². The van der Waals surface area contributed by atoms with Crippen LogP contribution in [-0.2, 0) is 9.53 Å². The number of urea groups is 1. The van der Waals surface area contributed by atoms with E-state index >= 15 is 0 Å². The predicted octanol–water partition coefficient (Wildman–Crippen LogP) is 0.935. The predicted molar refractivity (Wildman–Crippen MR) is 59.2 cm³/mol. The minimum atomic E-state index is -0.836. The average molecular weight is 234 g/mol. The van der Waals surface area contributed by atoms with Crippen molar-refractivity contribution in [1.29, 1.82) is 0 Å². The Bertz CT molecular complexity index is 469. The summed E-state index contributed by atoms with van der Waals surface area (Å²) in [6.45, 7) is 3.26. The van der Waals surface area contributed by atoms with E-state index < -0.39 is 12.3 Å². The number of nitrogens with zero attached hydrogens (tertiary/aromatic N) is 1. The molecule has 1 aliphatic rings. The number of rotatable bonds is 3. The Balaban J connectivity index is 2.13. The number of phenolic OH excluding ortho intramolecular Hbond substituents is 1. The molecule has 17 heavy (non-hydrogen) atoms. The zero-order valence-corrected chi connectivity index (χ0v) is 8.79. The third-order valence-electron chi connectivity index (χ3n) is 2.22. The van der Waals surface area contributed by atoms with Crippen molar-refractivity contribution in [3.8, 4) is 5.75 Å². The quantitative estimate of drug-likeness (QED) is 0.602. The highest BCUT2D eigenvalue weighted by molar-refractivity contribution is 5.99. The Morgan fingerprint density at radius 2 is 2.12 bits per heavy atom. The van der Waals surface area contributed by atoms with Gasteiger partial charge in [0.05, 0.1) is 5.69 Å². The number of anilines is 1. The summed E-state index contributed by atoms with van der Waals surface area (Å²) in [5.41, 5.74) is 0.522. The van der Waals surface area contributed by atoms with Gasteiger partial charge < -0.3 is 9.84 Å². The molecule has 2 N–H and O–H groups in total. The lowest BCUT2D eigenvalue weighted by atomic mass is 10.2. The number of ether oxygens (including phenoxy) is 1. The monoisotopic (exact) mass is 234 g/mol. The summed E-state index contributed by atoms with van der Waals surface area (Å²) in [4.78, 5) is 23.6. The first-order valence-electron chi connectivity index (χ1n) is 4.83. The van der Waals surface area contributed by atoms with E-state index in [1.54, 1.807) is 12.1 Å². The zero-order valence-electron chi connectivity index (χ0n) is 8.79. The van der Waals surface area contributed by atoms with Crippen molar-refractivity contribution in [1.82, 2.24) is 5.32 Å².